The summed E-state index contributed by atoms with van der Waals surface area (Å²) in [4.78, 5) is 2.66. The molecule has 15 heavy (non-hydrogen) atoms. The minimum absolute atomic E-state index is 0.100. The summed E-state index contributed by atoms with van der Waals surface area (Å²) >= 11 is 4.99. The second kappa shape index (κ2) is 3.88. The number of alkyl halides is 5. The van der Waals surface area contributed by atoms with Crippen LogP contribution in [0.3, 0.4) is 0 Å². The van der Waals surface area contributed by atoms with Crippen LogP contribution in [-0.4, -0.2) is 4.98 Å². The molecular formula is C7H2ClF6N. The number of rotatable bonds is 1. The topological polar surface area (TPSA) is 12.9 Å². The Morgan fingerprint density at radius 1 is 1.27 bits per heavy atom. The quantitative estimate of drug-likeness (QED) is 0.544. The van der Waals surface area contributed by atoms with Gasteiger partial charge in [-0.15, -0.1) is 0 Å². The Hall–Kier alpha value is -0.980. The predicted molar refractivity (Wildman–Crippen MR) is 39.2 cm³/mol. The van der Waals surface area contributed by atoms with Gasteiger partial charge in [-0.2, -0.15) is 13.2 Å². The zero-order chi connectivity index (χ0) is 11.8. The highest BCUT2D eigenvalue weighted by Gasteiger charge is 2.37. The van der Waals surface area contributed by atoms with Crippen LogP contribution in [0.15, 0.2) is 6.07 Å². The van der Waals surface area contributed by atoms with E-state index in [-0.39, 0.29) is 6.07 Å². The first-order chi connectivity index (χ1) is 6.73. The summed E-state index contributed by atoms with van der Waals surface area (Å²) in [5.41, 5.74) is -3.40. The number of hydrogen-bond acceptors (Lipinski definition) is 1. The van der Waals surface area contributed by atoms with E-state index in [4.69, 9.17) is 11.6 Å². The highest BCUT2D eigenvalue weighted by Crippen LogP contribution is 2.36. The highest BCUT2D eigenvalue weighted by molar-refractivity contribution is 6.29. The smallest absolute Gasteiger partial charge is 0.231 e. The van der Waals surface area contributed by atoms with Crippen LogP contribution in [0.4, 0.5) is 26.3 Å². The van der Waals surface area contributed by atoms with Crippen LogP contribution < -0.4 is 0 Å². The molecule has 0 aliphatic rings. The van der Waals surface area contributed by atoms with Crippen molar-refractivity contribution in [1.29, 1.82) is 0 Å². The fraction of sp³-hybridized carbons (Fsp3) is 0.286. The van der Waals surface area contributed by atoms with Gasteiger partial charge in [-0.05, 0) is 6.07 Å². The van der Waals surface area contributed by atoms with Crippen LogP contribution in [0, 0.1) is 5.82 Å². The summed E-state index contributed by atoms with van der Waals surface area (Å²) in [6.07, 6.45) is -8.57. The van der Waals surface area contributed by atoms with Gasteiger partial charge in [0, 0.05) is 0 Å². The van der Waals surface area contributed by atoms with Crippen molar-refractivity contribution >= 4 is 11.6 Å². The lowest BCUT2D eigenvalue weighted by atomic mass is 10.2. The molecule has 8 heteroatoms. The molecule has 84 valence electrons. The standard InChI is InChI=1S/C7H2ClF6N/c8-5-3(9)1-2(7(12,13)14)4(15-5)6(10)11/h1,6H. The van der Waals surface area contributed by atoms with Gasteiger partial charge in [0.25, 0.3) is 6.43 Å². The maximum absolute atomic E-state index is 12.6. The van der Waals surface area contributed by atoms with Crippen molar-refractivity contribution in [2.24, 2.45) is 0 Å². The number of halogens is 7. The van der Waals surface area contributed by atoms with E-state index in [1.165, 1.54) is 0 Å². The first kappa shape index (κ1) is 12.1. The number of pyridine rings is 1. The lowest BCUT2D eigenvalue weighted by Crippen LogP contribution is -2.12. The molecule has 0 spiro atoms. The predicted octanol–water partition coefficient (Wildman–Crippen LogP) is 3.83. The van der Waals surface area contributed by atoms with E-state index < -0.39 is 34.8 Å². The van der Waals surface area contributed by atoms with E-state index in [0.717, 1.165) is 0 Å². The summed E-state index contributed by atoms with van der Waals surface area (Å²) in [6, 6.07) is -0.100. The minimum atomic E-state index is -5.09. The molecule has 0 atom stereocenters. The molecule has 0 radical (unpaired) electrons. The third kappa shape index (κ3) is 2.53. The summed E-state index contributed by atoms with van der Waals surface area (Å²) in [5, 5.41) is -1.02. The van der Waals surface area contributed by atoms with Crippen LogP contribution >= 0.6 is 11.6 Å². The van der Waals surface area contributed by atoms with Crippen LogP contribution in [0.5, 0.6) is 0 Å². The molecule has 1 heterocycles. The second-order valence-corrected chi connectivity index (χ2v) is 2.85. The fourth-order valence-corrected chi connectivity index (χ4v) is 1.02. The third-order valence-corrected chi connectivity index (χ3v) is 1.74. The van der Waals surface area contributed by atoms with Gasteiger partial charge >= 0.3 is 6.18 Å². The number of nitrogens with zero attached hydrogens (tertiary/aromatic N) is 1. The van der Waals surface area contributed by atoms with E-state index in [9.17, 15) is 26.3 Å². The van der Waals surface area contributed by atoms with Crippen LogP contribution in [-0.2, 0) is 6.18 Å². The molecule has 0 saturated heterocycles. The van der Waals surface area contributed by atoms with Gasteiger partial charge < -0.3 is 0 Å². The maximum Gasteiger partial charge on any atom is 0.418 e. The minimum Gasteiger partial charge on any atom is -0.231 e. The molecule has 0 aliphatic carbocycles. The lowest BCUT2D eigenvalue weighted by molar-refractivity contribution is -0.140. The number of aromatic nitrogens is 1. The Kier molecular flexibility index (Phi) is 3.13. The highest BCUT2D eigenvalue weighted by atomic mass is 35.5. The van der Waals surface area contributed by atoms with Crippen molar-refractivity contribution in [3.8, 4) is 0 Å². The molecule has 0 fully saturated rings. The van der Waals surface area contributed by atoms with E-state index >= 15 is 0 Å². The van der Waals surface area contributed by atoms with Gasteiger partial charge in [0.05, 0.1) is 5.56 Å². The van der Waals surface area contributed by atoms with Gasteiger partial charge in [0.15, 0.2) is 11.0 Å². The summed E-state index contributed by atoms with van der Waals surface area (Å²) < 4.78 is 73.3. The molecule has 0 aliphatic heterocycles. The molecule has 0 bridgehead atoms. The molecule has 1 rings (SSSR count). The van der Waals surface area contributed by atoms with Gasteiger partial charge in [-0.25, -0.2) is 18.2 Å². The maximum atomic E-state index is 12.6. The molecular weight excluding hydrogens is 248 g/mol. The van der Waals surface area contributed by atoms with E-state index in [2.05, 4.69) is 4.98 Å². The van der Waals surface area contributed by atoms with Gasteiger partial charge in [0.1, 0.15) is 5.69 Å². The van der Waals surface area contributed by atoms with Crippen molar-refractivity contribution in [2.75, 3.05) is 0 Å². The van der Waals surface area contributed by atoms with Gasteiger partial charge in [-0.1, -0.05) is 11.6 Å². The fourth-order valence-electron chi connectivity index (χ4n) is 0.873. The Labute approximate surface area is 84.7 Å². The van der Waals surface area contributed by atoms with Crippen molar-refractivity contribution in [3.05, 3.63) is 28.3 Å². The first-order valence-corrected chi connectivity index (χ1v) is 3.82. The molecule has 0 unspecified atom stereocenters. The SMILES string of the molecule is Fc1cc(C(F)(F)F)c(C(F)F)nc1Cl. The Balaban J connectivity index is 3.42. The zero-order valence-electron chi connectivity index (χ0n) is 6.75. The van der Waals surface area contributed by atoms with Crippen LogP contribution in [0.1, 0.15) is 17.7 Å². The van der Waals surface area contributed by atoms with Crippen LogP contribution in [0.2, 0.25) is 5.15 Å². The summed E-state index contributed by atoms with van der Waals surface area (Å²) in [6.45, 7) is 0. The summed E-state index contributed by atoms with van der Waals surface area (Å²) in [7, 11) is 0. The van der Waals surface area contributed by atoms with Crippen molar-refractivity contribution in [1.82, 2.24) is 4.98 Å². The first-order valence-electron chi connectivity index (χ1n) is 3.44. The Morgan fingerprint density at radius 2 is 1.80 bits per heavy atom. The molecule has 1 aromatic heterocycles. The van der Waals surface area contributed by atoms with E-state index in [1.54, 1.807) is 0 Å². The van der Waals surface area contributed by atoms with Crippen molar-refractivity contribution < 1.29 is 26.3 Å². The van der Waals surface area contributed by atoms with Gasteiger partial charge in [-0.3, -0.25) is 0 Å². The molecule has 1 nitrogen and oxygen atoms in total. The monoisotopic (exact) mass is 249 g/mol. The normalized spacial score (nSPS) is 12.3. The second-order valence-electron chi connectivity index (χ2n) is 2.49. The average molecular weight is 250 g/mol. The van der Waals surface area contributed by atoms with Crippen molar-refractivity contribution in [2.45, 2.75) is 12.6 Å². The Bertz CT molecular complexity index is 374. The van der Waals surface area contributed by atoms with Crippen LogP contribution in [0.25, 0.3) is 0 Å². The van der Waals surface area contributed by atoms with E-state index in [1.807, 2.05) is 0 Å². The largest absolute Gasteiger partial charge is 0.418 e. The number of hydrogen-bond donors (Lipinski definition) is 0. The molecule has 0 aromatic carbocycles. The zero-order valence-corrected chi connectivity index (χ0v) is 7.50. The average Bonchev–Trinajstić information content (AvgIpc) is 2.06. The van der Waals surface area contributed by atoms with Crippen molar-refractivity contribution in [3.63, 3.8) is 0 Å². The lowest BCUT2D eigenvalue weighted by Gasteiger charge is -2.11. The van der Waals surface area contributed by atoms with E-state index in [0.29, 0.717) is 0 Å². The Morgan fingerprint density at radius 3 is 2.20 bits per heavy atom. The summed E-state index contributed by atoms with van der Waals surface area (Å²) in [5.74, 6) is -1.49. The third-order valence-electron chi connectivity index (χ3n) is 1.47. The molecule has 0 saturated carbocycles. The molecule has 1 aromatic rings. The molecule has 0 N–H and O–H groups in total. The molecule has 0 amide bonds. The van der Waals surface area contributed by atoms with Gasteiger partial charge in [0.2, 0.25) is 0 Å².